The number of thiophene rings is 1. The molecule has 7 heteroatoms. The maximum Gasteiger partial charge on any atom is 0.277 e. The standard InChI is InChI=1S/C32H27N5OS/c1-21-15-17-24(18-16-21)37-31(38)29-28(33-32(37)36-19-9-4-10-20-36)26-25(22-11-5-2-6-12-22)27(34-35-30(26)39-29)23-13-7-3-8-14-23/h2-3,5-8,11-18H,4,9-10,19-20H2,1H3. The van der Waals surface area contributed by atoms with Crippen LogP contribution in [0.25, 0.3) is 48.5 Å². The third-order valence-electron chi connectivity index (χ3n) is 7.44. The lowest BCUT2D eigenvalue weighted by molar-refractivity contribution is 0.563. The summed E-state index contributed by atoms with van der Waals surface area (Å²) in [7, 11) is 0. The molecule has 1 aliphatic heterocycles. The Balaban J connectivity index is 1.59. The number of piperidine rings is 1. The van der Waals surface area contributed by atoms with Crippen LogP contribution in [0.4, 0.5) is 5.95 Å². The van der Waals surface area contributed by atoms with Crippen molar-refractivity contribution in [3.05, 3.63) is 101 Å². The third-order valence-corrected chi connectivity index (χ3v) is 8.49. The van der Waals surface area contributed by atoms with Crippen LogP contribution in [-0.4, -0.2) is 32.8 Å². The summed E-state index contributed by atoms with van der Waals surface area (Å²) in [6.45, 7) is 3.82. The monoisotopic (exact) mass is 529 g/mol. The smallest absolute Gasteiger partial charge is 0.277 e. The van der Waals surface area contributed by atoms with E-state index in [-0.39, 0.29) is 5.56 Å². The summed E-state index contributed by atoms with van der Waals surface area (Å²) in [5.41, 5.74) is 6.38. The van der Waals surface area contributed by atoms with E-state index in [1.165, 1.54) is 17.8 Å². The van der Waals surface area contributed by atoms with Gasteiger partial charge in [0, 0.05) is 29.6 Å². The van der Waals surface area contributed by atoms with Crippen molar-refractivity contribution in [3.8, 4) is 28.1 Å². The molecule has 0 N–H and O–H groups in total. The van der Waals surface area contributed by atoms with E-state index in [2.05, 4.69) is 29.1 Å². The Morgan fingerprint density at radius 3 is 2.13 bits per heavy atom. The number of hydrogen-bond acceptors (Lipinski definition) is 6. The van der Waals surface area contributed by atoms with Gasteiger partial charge in [0.15, 0.2) is 0 Å². The van der Waals surface area contributed by atoms with Crippen molar-refractivity contribution in [2.75, 3.05) is 18.0 Å². The van der Waals surface area contributed by atoms with Gasteiger partial charge in [-0.05, 0) is 43.9 Å². The molecule has 1 aliphatic rings. The molecular weight excluding hydrogens is 502 g/mol. The Morgan fingerprint density at radius 1 is 0.769 bits per heavy atom. The van der Waals surface area contributed by atoms with E-state index in [0.29, 0.717) is 16.2 Å². The number of nitrogens with zero attached hydrogens (tertiary/aromatic N) is 5. The second-order valence-electron chi connectivity index (χ2n) is 10.1. The van der Waals surface area contributed by atoms with E-state index in [9.17, 15) is 4.79 Å². The highest BCUT2D eigenvalue weighted by molar-refractivity contribution is 7.25. The fourth-order valence-corrected chi connectivity index (χ4v) is 6.48. The number of aryl methyl sites for hydroxylation is 1. The molecule has 7 rings (SSSR count). The highest BCUT2D eigenvalue weighted by Gasteiger charge is 2.26. The Kier molecular flexibility index (Phi) is 5.93. The van der Waals surface area contributed by atoms with Crippen molar-refractivity contribution >= 4 is 37.7 Å². The van der Waals surface area contributed by atoms with E-state index in [1.54, 1.807) is 4.57 Å². The summed E-state index contributed by atoms with van der Waals surface area (Å²) in [5.74, 6) is 0.702. The number of rotatable bonds is 4. The lowest BCUT2D eigenvalue weighted by atomic mass is 9.97. The summed E-state index contributed by atoms with van der Waals surface area (Å²) < 4.78 is 2.39. The molecule has 1 fully saturated rings. The van der Waals surface area contributed by atoms with Crippen LogP contribution in [0.15, 0.2) is 89.7 Å². The molecule has 1 saturated heterocycles. The first-order valence-corrected chi connectivity index (χ1v) is 14.2. The van der Waals surface area contributed by atoms with Crippen molar-refractivity contribution in [3.63, 3.8) is 0 Å². The maximum absolute atomic E-state index is 14.3. The predicted molar refractivity (Wildman–Crippen MR) is 160 cm³/mol. The summed E-state index contributed by atoms with van der Waals surface area (Å²) in [4.78, 5) is 22.6. The molecule has 0 atom stereocenters. The van der Waals surface area contributed by atoms with Crippen LogP contribution in [0.1, 0.15) is 24.8 Å². The van der Waals surface area contributed by atoms with Gasteiger partial charge in [-0.2, -0.15) is 0 Å². The average Bonchev–Trinajstić information content (AvgIpc) is 3.38. The number of hydrogen-bond donors (Lipinski definition) is 0. The van der Waals surface area contributed by atoms with Gasteiger partial charge in [0.1, 0.15) is 20.7 Å². The quantitative estimate of drug-likeness (QED) is 0.245. The fourth-order valence-electron chi connectivity index (χ4n) is 5.48. The van der Waals surface area contributed by atoms with E-state index in [1.807, 2.05) is 72.8 Å². The van der Waals surface area contributed by atoms with Gasteiger partial charge in [-0.15, -0.1) is 21.5 Å². The first-order chi connectivity index (χ1) is 19.2. The van der Waals surface area contributed by atoms with Crippen LogP contribution >= 0.6 is 11.3 Å². The van der Waals surface area contributed by atoms with Crippen molar-refractivity contribution in [1.29, 1.82) is 0 Å². The van der Waals surface area contributed by atoms with Crippen LogP contribution in [0.2, 0.25) is 0 Å². The van der Waals surface area contributed by atoms with Gasteiger partial charge < -0.3 is 4.90 Å². The van der Waals surface area contributed by atoms with Crippen LogP contribution in [0.3, 0.4) is 0 Å². The van der Waals surface area contributed by atoms with Crippen LogP contribution in [0.5, 0.6) is 0 Å². The van der Waals surface area contributed by atoms with Crippen molar-refractivity contribution in [2.45, 2.75) is 26.2 Å². The fraction of sp³-hybridized carbons (Fsp3) is 0.188. The van der Waals surface area contributed by atoms with Crippen molar-refractivity contribution in [1.82, 2.24) is 19.7 Å². The number of anilines is 1. The molecule has 0 amide bonds. The molecule has 0 saturated carbocycles. The maximum atomic E-state index is 14.3. The molecule has 4 heterocycles. The first-order valence-electron chi connectivity index (χ1n) is 13.4. The van der Waals surface area contributed by atoms with Crippen LogP contribution in [0, 0.1) is 6.92 Å². The van der Waals surface area contributed by atoms with Crippen molar-refractivity contribution < 1.29 is 0 Å². The molecule has 39 heavy (non-hydrogen) atoms. The summed E-state index contributed by atoms with van der Waals surface area (Å²) in [6.07, 6.45) is 3.37. The molecule has 0 bridgehead atoms. The van der Waals surface area contributed by atoms with Gasteiger partial charge in [0.2, 0.25) is 5.95 Å². The number of fused-ring (bicyclic) bond motifs is 3. The largest absolute Gasteiger partial charge is 0.342 e. The van der Waals surface area contributed by atoms with E-state index < -0.39 is 0 Å². The minimum absolute atomic E-state index is 0.0623. The van der Waals surface area contributed by atoms with Gasteiger partial charge in [0.25, 0.3) is 5.56 Å². The highest BCUT2D eigenvalue weighted by Crippen LogP contribution is 2.42. The van der Waals surface area contributed by atoms with E-state index in [4.69, 9.17) is 10.1 Å². The SMILES string of the molecule is Cc1ccc(-n2c(N3CCCCC3)nc3c(sc4nnc(-c5ccccc5)c(-c5ccccc5)c43)c2=O)cc1. The Labute approximate surface area is 230 Å². The molecule has 3 aromatic carbocycles. The molecule has 6 aromatic rings. The van der Waals surface area contributed by atoms with Gasteiger partial charge >= 0.3 is 0 Å². The number of benzene rings is 3. The summed E-state index contributed by atoms with van der Waals surface area (Å²) >= 11 is 1.38. The lowest BCUT2D eigenvalue weighted by Crippen LogP contribution is -2.35. The van der Waals surface area contributed by atoms with Gasteiger partial charge in [-0.1, -0.05) is 78.4 Å². The minimum atomic E-state index is -0.0623. The first kappa shape index (κ1) is 23.7. The molecule has 0 spiro atoms. The molecule has 0 radical (unpaired) electrons. The Bertz CT molecular complexity index is 1860. The minimum Gasteiger partial charge on any atom is -0.342 e. The normalized spacial score (nSPS) is 13.8. The number of aromatic nitrogens is 4. The predicted octanol–water partition coefficient (Wildman–Crippen LogP) is 7.02. The summed E-state index contributed by atoms with van der Waals surface area (Å²) in [6, 6.07) is 28.5. The summed E-state index contributed by atoms with van der Waals surface area (Å²) in [5, 5.41) is 10.2. The second-order valence-corrected chi connectivity index (χ2v) is 11.1. The van der Waals surface area contributed by atoms with Gasteiger partial charge in [-0.25, -0.2) is 9.55 Å². The molecule has 0 aliphatic carbocycles. The van der Waals surface area contributed by atoms with E-state index >= 15 is 0 Å². The lowest BCUT2D eigenvalue weighted by Gasteiger charge is -2.29. The average molecular weight is 530 g/mol. The van der Waals surface area contributed by atoms with Crippen LogP contribution in [-0.2, 0) is 0 Å². The second kappa shape index (κ2) is 9.75. The molecule has 0 unspecified atom stereocenters. The Morgan fingerprint density at radius 2 is 1.44 bits per heavy atom. The zero-order chi connectivity index (χ0) is 26.3. The zero-order valence-corrected chi connectivity index (χ0v) is 22.5. The molecule has 6 nitrogen and oxygen atoms in total. The van der Waals surface area contributed by atoms with Crippen LogP contribution < -0.4 is 10.5 Å². The van der Waals surface area contributed by atoms with Crippen molar-refractivity contribution in [2.24, 2.45) is 0 Å². The third kappa shape index (κ3) is 4.10. The van der Waals surface area contributed by atoms with Gasteiger partial charge in [0.05, 0.1) is 5.69 Å². The Hall–Kier alpha value is -4.36. The zero-order valence-electron chi connectivity index (χ0n) is 21.7. The van der Waals surface area contributed by atoms with E-state index in [0.717, 1.165) is 69.8 Å². The highest BCUT2D eigenvalue weighted by atomic mass is 32.1. The molecule has 3 aromatic heterocycles. The molecule has 192 valence electrons. The molecular formula is C32H27N5OS. The van der Waals surface area contributed by atoms with Gasteiger partial charge in [-0.3, -0.25) is 4.79 Å². The topological polar surface area (TPSA) is 63.9 Å².